The quantitative estimate of drug-likeness (QED) is 0.697. The fourth-order valence-corrected chi connectivity index (χ4v) is 2.31. The Hall–Kier alpha value is -0.820. The van der Waals surface area contributed by atoms with E-state index in [1.807, 2.05) is 6.07 Å². The van der Waals surface area contributed by atoms with Gasteiger partial charge in [0.25, 0.3) is 0 Å². The lowest BCUT2D eigenvalue weighted by molar-refractivity contribution is 0.175. The van der Waals surface area contributed by atoms with Crippen molar-refractivity contribution in [2.24, 2.45) is 0 Å². The number of hydrogen-bond acceptors (Lipinski definition) is 1. The molecule has 1 aliphatic rings. The molecule has 1 N–H and O–H groups in total. The maximum Gasteiger partial charge on any atom is 0.0549 e. The fourth-order valence-electron chi connectivity index (χ4n) is 2.31. The minimum absolute atomic E-state index is 0.0924. The molecule has 0 heterocycles. The van der Waals surface area contributed by atoms with E-state index in [0.29, 0.717) is 0 Å². The molecule has 0 amide bonds. The first kappa shape index (κ1) is 8.76. The molecule has 13 heavy (non-hydrogen) atoms. The van der Waals surface area contributed by atoms with Crippen LogP contribution in [0.15, 0.2) is 30.3 Å². The topological polar surface area (TPSA) is 20.2 Å². The molecule has 1 aliphatic carbocycles. The summed E-state index contributed by atoms with van der Waals surface area (Å²) in [7, 11) is 0. The van der Waals surface area contributed by atoms with Crippen LogP contribution in [-0.2, 0) is 5.41 Å². The van der Waals surface area contributed by atoms with Crippen molar-refractivity contribution in [2.45, 2.75) is 37.7 Å². The van der Waals surface area contributed by atoms with Crippen molar-refractivity contribution >= 4 is 0 Å². The SMILES string of the molecule is CC1(c2ccccc2)CCC(O)C1. The lowest BCUT2D eigenvalue weighted by atomic mass is 9.81. The number of rotatable bonds is 1. The number of aliphatic hydroxyl groups excluding tert-OH is 1. The van der Waals surface area contributed by atoms with Gasteiger partial charge in [-0.1, -0.05) is 37.3 Å². The van der Waals surface area contributed by atoms with Crippen LogP contribution in [-0.4, -0.2) is 11.2 Å². The molecule has 1 nitrogen and oxygen atoms in total. The number of aliphatic hydroxyl groups is 1. The summed E-state index contributed by atoms with van der Waals surface area (Å²) in [5.74, 6) is 0. The molecule has 1 saturated carbocycles. The summed E-state index contributed by atoms with van der Waals surface area (Å²) >= 11 is 0. The highest BCUT2D eigenvalue weighted by Gasteiger charge is 2.35. The van der Waals surface area contributed by atoms with Crippen LogP contribution < -0.4 is 0 Å². The Labute approximate surface area is 79.4 Å². The molecular formula is C12H16O. The van der Waals surface area contributed by atoms with Crippen molar-refractivity contribution in [3.63, 3.8) is 0 Å². The number of hydrogen-bond donors (Lipinski definition) is 1. The Morgan fingerprint density at radius 3 is 2.54 bits per heavy atom. The second kappa shape index (κ2) is 3.15. The van der Waals surface area contributed by atoms with Gasteiger partial charge in [0, 0.05) is 0 Å². The van der Waals surface area contributed by atoms with Crippen molar-refractivity contribution in [1.29, 1.82) is 0 Å². The first-order valence-corrected chi connectivity index (χ1v) is 4.94. The number of benzene rings is 1. The summed E-state index contributed by atoms with van der Waals surface area (Å²) in [5.41, 5.74) is 1.58. The maximum atomic E-state index is 9.53. The molecule has 1 heteroatoms. The van der Waals surface area contributed by atoms with Crippen LogP contribution in [0.4, 0.5) is 0 Å². The molecule has 2 rings (SSSR count). The average Bonchev–Trinajstić information content (AvgIpc) is 2.49. The van der Waals surface area contributed by atoms with Crippen molar-refractivity contribution in [2.75, 3.05) is 0 Å². The van der Waals surface area contributed by atoms with Gasteiger partial charge in [-0.05, 0) is 30.2 Å². The zero-order valence-electron chi connectivity index (χ0n) is 8.03. The summed E-state index contributed by atoms with van der Waals surface area (Å²) in [6.45, 7) is 2.25. The maximum absolute atomic E-state index is 9.53. The van der Waals surface area contributed by atoms with Crippen LogP contribution in [0.1, 0.15) is 31.7 Å². The van der Waals surface area contributed by atoms with E-state index in [-0.39, 0.29) is 11.5 Å². The highest BCUT2D eigenvalue weighted by Crippen LogP contribution is 2.40. The molecule has 1 aromatic carbocycles. The third kappa shape index (κ3) is 1.61. The second-order valence-electron chi connectivity index (χ2n) is 4.32. The monoisotopic (exact) mass is 176 g/mol. The van der Waals surface area contributed by atoms with E-state index in [1.54, 1.807) is 0 Å². The molecule has 1 fully saturated rings. The van der Waals surface area contributed by atoms with E-state index in [9.17, 15) is 5.11 Å². The van der Waals surface area contributed by atoms with E-state index in [2.05, 4.69) is 31.2 Å². The van der Waals surface area contributed by atoms with Crippen LogP contribution in [0, 0.1) is 0 Å². The molecule has 0 radical (unpaired) electrons. The van der Waals surface area contributed by atoms with E-state index in [1.165, 1.54) is 5.56 Å². The molecule has 2 atom stereocenters. The van der Waals surface area contributed by atoms with Gasteiger partial charge in [0.2, 0.25) is 0 Å². The van der Waals surface area contributed by atoms with Crippen LogP contribution in [0.25, 0.3) is 0 Å². The average molecular weight is 176 g/mol. The van der Waals surface area contributed by atoms with Crippen molar-refractivity contribution in [1.82, 2.24) is 0 Å². The molecule has 2 unspecified atom stereocenters. The molecule has 70 valence electrons. The van der Waals surface area contributed by atoms with Gasteiger partial charge in [-0.3, -0.25) is 0 Å². The van der Waals surface area contributed by atoms with Crippen LogP contribution >= 0.6 is 0 Å². The van der Waals surface area contributed by atoms with Gasteiger partial charge in [0.15, 0.2) is 0 Å². The normalized spacial score (nSPS) is 33.5. The minimum atomic E-state index is -0.0924. The summed E-state index contributed by atoms with van der Waals surface area (Å²) in [4.78, 5) is 0. The Balaban J connectivity index is 2.26. The van der Waals surface area contributed by atoms with E-state index in [0.717, 1.165) is 19.3 Å². The van der Waals surface area contributed by atoms with Gasteiger partial charge in [-0.25, -0.2) is 0 Å². The largest absolute Gasteiger partial charge is 0.393 e. The van der Waals surface area contributed by atoms with Gasteiger partial charge in [0.05, 0.1) is 6.10 Å². The molecule has 0 aliphatic heterocycles. The van der Waals surface area contributed by atoms with Gasteiger partial charge in [0.1, 0.15) is 0 Å². The Kier molecular flexibility index (Phi) is 2.12. The van der Waals surface area contributed by atoms with Crippen LogP contribution in [0.3, 0.4) is 0 Å². The summed E-state index contributed by atoms with van der Waals surface area (Å²) < 4.78 is 0. The Morgan fingerprint density at radius 1 is 1.31 bits per heavy atom. The van der Waals surface area contributed by atoms with Gasteiger partial charge in [-0.15, -0.1) is 0 Å². The van der Waals surface area contributed by atoms with Crippen molar-refractivity contribution < 1.29 is 5.11 Å². The minimum Gasteiger partial charge on any atom is -0.393 e. The van der Waals surface area contributed by atoms with E-state index in [4.69, 9.17) is 0 Å². The molecule has 0 aromatic heterocycles. The predicted octanol–water partition coefficient (Wildman–Crippen LogP) is 2.49. The third-order valence-corrected chi connectivity index (χ3v) is 3.19. The lowest BCUT2D eigenvalue weighted by Gasteiger charge is -2.23. The molecule has 0 saturated heterocycles. The predicted molar refractivity (Wildman–Crippen MR) is 53.7 cm³/mol. The third-order valence-electron chi connectivity index (χ3n) is 3.19. The Bertz CT molecular complexity index is 280. The molecule has 0 bridgehead atoms. The van der Waals surface area contributed by atoms with Gasteiger partial charge < -0.3 is 5.11 Å². The van der Waals surface area contributed by atoms with E-state index < -0.39 is 0 Å². The van der Waals surface area contributed by atoms with Crippen LogP contribution in [0.2, 0.25) is 0 Å². The fraction of sp³-hybridized carbons (Fsp3) is 0.500. The van der Waals surface area contributed by atoms with Crippen molar-refractivity contribution in [3.05, 3.63) is 35.9 Å². The smallest absolute Gasteiger partial charge is 0.0549 e. The summed E-state index contributed by atoms with van der Waals surface area (Å²) in [6, 6.07) is 10.5. The van der Waals surface area contributed by atoms with Gasteiger partial charge >= 0.3 is 0 Å². The highest BCUT2D eigenvalue weighted by molar-refractivity contribution is 5.25. The second-order valence-corrected chi connectivity index (χ2v) is 4.32. The summed E-state index contributed by atoms with van der Waals surface area (Å²) in [6.07, 6.45) is 2.88. The lowest BCUT2D eigenvalue weighted by Crippen LogP contribution is -2.18. The zero-order chi connectivity index (χ0) is 9.31. The van der Waals surface area contributed by atoms with Crippen LogP contribution in [0.5, 0.6) is 0 Å². The molecule has 0 spiro atoms. The van der Waals surface area contributed by atoms with Crippen molar-refractivity contribution in [3.8, 4) is 0 Å². The summed E-state index contributed by atoms with van der Waals surface area (Å²) in [5, 5.41) is 9.53. The Morgan fingerprint density at radius 2 is 2.00 bits per heavy atom. The standard InChI is InChI=1S/C12H16O/c1-12(8-7-11(13)9-12)10-5-3-2-4-6-10/h2-6,11,13H,7-9H2,1H3. The first-order valence-electron chi connectivity index (χ1n) is 4.94. The van der Waals surface area contributed by atoms with Gasteiger partial charge in [-0.2, -0.15) is 0 Å². The zero-order valence-corrected chi connectivity index (χ0v) is 8.03. The molecular weight excluding hydrogens is 160 g/mol. The highest BCUT2D eigenvalue weighted by atomic mass is 16.3. The first-order chi connectivity index (χ1) is 6.21. The molecule has 1 aromatic rings. The van der Waals surface area contributed by atoms with E-state index >= 15 is 0 Å².